The summed E-state index contributed by atoms with van der Waals surface area (Å²) >= 11 is 0. The highest BCUT2D eigenvalue weighted by molar-refractivity contribution is 6.06. The van der Waals surface area contributed by atoms with E-state index in [1.807, 2.05) is 19.3 Å². The number of hydrogen-bond donors (Lipinski definition) is 3. The molecule has 4 heterocycles. The number of H-pyrrole nitrogens is 1. The third-order valence-electron chi connectivity index (χ3n) is 6.39. The van der Waals surface area contributed by atoms with E-state index < -0.39 is 11.7 Å². The van der Waals surface area contributed by atoms with Crippen molar-refractivity contribution in [2.75, 3.05) is 31.5 Å². The number of pyridine rings is 1. The van der Waals surface area contributed by atoms with Crippen molar-refractivity contribution in [3.63, 3.8) is 0 Å². The topological polar surface area (TPSA) is 108 Å². The van der Waals surface area contributed by atoms with Crippen LogP contribution in [0.2, 0.25) is 0 Å². The molecule has 1 aliphatic rings. The lowest BCUT2D eigenvalue weighted by Crippen LogP contribution is -2.37. The van der Waals surface area contributed by atoms with Crippen LogP contribution >= 0.6 is 0 Å². The van der Waals surface area contributed by atoms with Crippen LogP contribution in [0.3, 0.4) is 0 Å². The van der Waals surface area contributed by atoms with Gasteiger partial charge in [-0.25, -0.2) is 9.37 Å². The Kier molecular flexibility index (Phi) is 6.77. The van der Waals surface area contributed by atoms with Gasteiger partial charge in [0.15, 0.2) is 0 Å². The zero-order valence-electron chi connectivity index (χ0n) is 20.1. The molecular formula is C26H28FN7O2. The zero-order valence-corrected chi connectivity index (χ0v) is 20.1. The van der Waals surface area contributed by atoms with E-state index in [1.165, 1.54) is 43.7 Å². The standard InChI is InChI=1S/C26H28FN7O2/c1-33-16-20(15-30-33)22-13-18-11-19(14-29-24(18)31-22)26(36)32-23-12-17(5-6-21(23)27)25(35)28-7-10-34-8-3-2-4-9-34/h5-6,11-16H,2-4,7-10H2,1H3,(H,28,35)(H,29,31)(H,32,36). The second-order valence-electron chi connectivity index (χ2n) is 9.05. The van der Waals surface area contributed by atoms with Crippen LogP contribution in [-0.4, -0.2) is 62.6 Å². The highest BCUT2D eigenvalue weighted by Gasteiger charge is 2.16. The lowest BCUT2D eigenvalue weighted by molar-refractivity contribution is 0.0945. The number of likely N-dealkylation sites (tertiary alicyclic amines) is 1. The smallest absolute Gasteiger partial charge is 0.257 e. The van der Waals surface area contributed by atoms with E-state index in [0.29, 0.717) is 12.2 Å². The molecule has 0 bridgehead atoms. The molecule has 9 nitrogen and oxygen atoms in total. The number of nitrogens with one attached hydrogen (secondary N) is 3. The second-order valence-corrected chi connectivity index (χ2v) is 9.05. The number of halogens is 1. The van der Waals surface area contributed by atoms with Gasteiger partial charge in [0, 0.05) is 49.0 Å². The van der Waals surface area contributed by atoms with Gasteiger partial charge < -0.3 is 20.5 Å². The number of carbonyl (C=O) groups excluding carboxylic acids is 2. The van der Waals surface area contributed by atoms with Gasteiger partial charge in [0.1, 0.15) is 11.5 Å². The van der Waals surface area contributed by atoms with Gasteiger partial charge in [0.05, 0.1) is 23.1 Å². The SMILES string of the molecule is Cn1cc(-c2cc3cc(C(=O)Nc4cc(C(=O)NCCN5CCCCC5)ccc4F)cnc3[nH]2)cn1. The quantitative estimate of drug-likeness (QED) is 0.368. The first kappa shape index (κ1) is 23.7. The summed E-state index contributed by atoms with van der Waals surface area (Å²) in [5, 5.41) is 10.4. The molecule has 1 aliphatic heterocycles. The molecular weight excluding hydrogens is 461 g/mol. The average molecular weight is 490 g/mol. The highest BCUT2D eigenvalue weighted by atomic mass is 19.1. The maximum Gasteiger partial charge on any atom is 0.257 e. The molecule has 0 radical (unpaired) electrons. The number of rotatable bonds is 7. The number of hydrogen-bond acceptors (Lipinski definition) is 5. The number of aryl methyl sites for hydroxylation is 1. The third kappa shape index (κ3) is 5.28. The molecule has 3 N–H and O–H groups in total. The average Bonchev–Trinajstić information content (AvgIpc) is 3.51. The van der Waals surface area contributed by atoms with Crippen LogP contribution in [0.5, 0.6) is 0 Å². The van der Waals surface area contributed by atoms with Crippen molar-refractivity contribution in [2.24, 2.45) is 7.05 Å². The number of anilines is 1. The van der Waals surface area contributed by atoms with Crippen LogP contribution in [-0.2, 0) is 7.05 Å². The lowest BCUT2D eigenvalue weighted by Gasteiger charge is -2.26. The maximum absolute atomic E-state index is 14.5. The first-order valence-electron chi connectivity index (χ1n) is 12.1. The monoisotopic (exact) mass is 489 g/mol. The number of piperidine rings is 1. The van der Waals surface area contributed by atoms with Crippen LogP contribution in [0.25, 0.3) is 22.3 Å². The second kappa shape index (κ2) is 10.3. The minimum Gasteiger partial charge on any atom is -0.351 e. The largest absolute Gasteiger partial charge is 0.351 e. The maximum atomic E-state index is 14.5. The van der Waals surface area contributed by atoms with Gasteiger partial charge in [-0.1, -0.05) is 6.42 Å². The molecule has 10 heteroatoms. The predicted molar refractivity (Wildman–Crippen MR) is 135 cm³/mol. The van der Waals surface area contributed by atoms with Crippen molar-refractivity contribution in [3.8, 4) is 11.3 Å². The van der Waals surface area contributed by atoms with Crippen LogP contribution < -0.4 is 10.6 Å². The number of benzene rings is 1. The van der Waals surface area contributed by atoms with E-state index in [-0.39, 0.29) is 22.7 Å². The summed E-state index contributed by atoms with van der Waals surface area (Å²) in [5.41, 5.74) is 2.84. The summed E-state index contributed by atoms with van der Waals surface area (Å²) < 4.78 is 16.2. The molecule has 4 aromatic rings. The Bertz CT molecular complexity index is 1400. The summed E-state index contributed by atoms with van der Waals surface area (Å²) in [6.07, 6.45) is 8.67. The molecule has 1 saturated heterocycles. The van der Waals surface area contributed by atoms with Crippen molar-refractivity contribution in [2.45, 2.75) is 19.3 Å². The van der Waals surface area contributed by atoms with Gasteiger partial charge in [0.25, 0.3) is 11.8 Å². The summed E-state index contributed by atoms with van der Waals surface area (Å²) in [4.78, 5) is 35.3. The molecule has 186 valence electrons. The molecule has 0 saturated carbocycles. The van der Waals surface area contributed by atoms with Crippen molar-refractivity contribution in [1.29, 1.82) is 0 Å². The Balaban J connectivity index is 1.25. The van der Waals surface area contributed by atoms with Gasteiger partial charge in [-0.3, -0.25) is 14.3 Å². The van der Waals surface area contributed by atoms with Gasteiger partial charge in [-0.05, 0) is 56.3 Å². The number of carbonyl (C=O) groups is 2. The van der Waals surface area contributed by atoms with E-state index in [9.17, 15) is 14.0 Å². The molecule has 0 spiro atoms. The zero-order chi connectivity index (χ0) is 25.1. The van der Waals surface area contributed by atoms with Crippen molar-refractivity contribution in [3.05, 3.63) is 65.9 Å². The van der Waals surface area contributed by atoms with Crippen LogP contribution in [0.15, 0.2) is 48.9 Å². The number of fused-ring (bicyclic) bond motifs is 1. The minimum absolute atomic E-state index is 0.0612. The number of aromatic amines is 1. The molecule has 1 aromatic carbocycles. The van der Waals surface area contributed by atoms with Crippen LogP contribution in [0.4, 0.5) is 10.1 Å². The highest BCUT2D eigenvalue weighted by Crippen LogP contribution is 2.24. The minimum atomic E-state index is -0.622. The molecule has 0 unspecified atom stereocenters. The Hall–Kier alpha value is -4.05. The first-order valence-corrected chi connectivity index (χ1v) is 12.1. The van der Waals surface area contributed by atoms with E-state index in [1.54, 1.807) is 16.9 Å². The lowest BCUT2D eigenvalue weighted by atomic mass is 10.1. The molecule has 2 amide bonds. The molecule has 1 fully saturated rings. The number of aromatic nitrogens is 4. The number of nitrogens with zero attached hydrogens (tertiary/aromatic N) is 4. The first-order chi connectivity index (χ1) is 17.5. The fraction of sp³-hybridized carbons (Fsp3) is 0.308. The van der Waals surface area contributed by atoms with Gasteiger partial charge in [0.2, 0.25) is 0 Å². The van der Waals surface area contributed by atoms with E-state index in [4.69, 9.17) is 0 Å². The summed E-state index contributed by atoms with van der Waals surface area (Å²) in [6.45, 7) is 3.41. The van der Waals surface area contributed by atoms with E-state index >= 15 is 0 Å². The van der Waals surface area contributed by atoms with Crippen molar-refractivity contribution in [1.82, 2.24) is 30.0 Å². The van der Waals surface area contributed by atoms with Gasteiger partial charge in [-0.2, -0.15) is 5.10 Å². The summed E-state index contributed by atoms with van der Waals surface area (Å²) in [6, 6.07) is 7.51. The summed E-state index contributed by atoms with van der Waals surface area (Å²) in [7, 11) is 1.83. The Morgan fingerprint density at radius 2 is 1.89 bits per heavy atom. The van der Waals surface area contributed by atoms with Crippen LogP contribution in [0, 0.1) is 5.82 Å². The number of amides is 2. The summed E-state index contributed by atoms with van der Waals surface area (Å²) in [5.74, 6) is -1.45. The predicted octanol–water partition coefficient (Wildman–Crippen LogP) is 3.57. The van der Waals surface area contributed by atoms with E-state index in [0.717, 1.165) is 36.3 Å². The van der Waals surface area contributed by atoms with Crippen LogP contribution in [0.1, 0.15) is 40.0 Å². The molecule has 0 atom stereocenters. The fourth-order valence-corrected chi connectivity index (χ4v) is 4.42. The molecule has 5 rings (SSSR count). The Morgan fingerprint density at radius 1 is 1.06 bits per heavy atom. The normalized spacial score (nSPS) is 14.2. The van der Waals surface area contributed by atoms with Gasteiger partial charge >= 0.3 is 0 Å². The molecule has 36 heavy (non-hydrogen) atoms. The van der Waals surface area contributed by atoms with Crippen molar-refractivity contribution >= 4 is 28.5 Å². The van der Waals surface area contributed by atoms with Crippen molar-refractivity contribution < 1.29 is 14.0 Å². The molecule has 3 aromatic heterocycles. The van der Waals surface area contributed by atoms with E-state index in [2.05, 4.69) is 30.6 Å². The Morgan fingerprint density at radius 3 is 2.67 bits per heavy atom. The Labute approximate surface area is 207 Å². The molecule has 0 aliphatic carbocycles. The third-order valence-corrected chi connectivity index (χ3v) is 6.39. The fourth-order valence-electron chi connectivity index (χ4n) is 4.42. The van der Waals surface area contributed by atoms with Gasteiger partial charge in [-0.15, -0.1) is 0 Å².